The first kappa shape index (κ1) is 43.1. The fourth-order valence-corrected chi connectivity index (χ4v) is 11.8. The Bertz CT molecular complexity index is 1290. The second kappa shape index (κ2) is 18.2. The van der Waals surface area contributed by atoms with Crippen LogP contribution in [0.3, 0.4) is 0 Å². The van der Waals surface area contributed by atoms with Gasteiger partial charge in [-0.25, -0.2) is 4.79 Å². The highest BCUT2D eigenvalue weighted by molar-refractivity contribution is 6.33. The minimum atomic E-state index is -0.959. The molecule has 0 radical (unpaired) electrons. The number of terminal acetylenes is 2. The zero-order chi connectivity index (χ0) is 37.1. The number of halogens is 1. The molecule has 8 atom stereocenters. The minimum Gasteiger partial charge on any atom is -0.483 e. The van der Waals surface area contributed by atoms with Crippen molar-refractivity contribution in [1.82, 2.24) is 0 Å². The minimum absolute atomic E-state index is 0.0375. The van der Waals surface area contributed by atoms with Crippen molar-refractivity contribution in [2.45, 2.75) is 120 Å². The second-order valence-corrected chi connectivity index (χ2v) is 15.7. The van der Waals surface area contributed by atoms with E-state index in [9.17, 15) is 9.90 Å². The van der Waals surface area contributed by atoms with Gasteiger partial charge in [0.05, 0.1) is 10.6 Å². The molecule has 5 heteroatoms. The van der Waals surface area contributed by atoms with Gasteiger partial charge in [0.2, 0.25) is 0 Å². The van der Waals surface area contributed by atoms with E-state index in [4.69, 9.17) is 21.5 Å². The average Bonchev–Trinajstić information content (AvgIpc) is 3.46. The summed E-state index contributed by atoms with van der Waals surface area (Å²) in [5.74, 6) is 3.33. The molecule has 5 aliphatic rings. The molecule has 1 aromatic carbocycles. The van der Waals surface area contributed by atoms with Crippen molar-refractivity contribution in [1.29, 1.82) is 0 Å². The molecule has 2 N–H and O–H groups in total. The SMILES string of the molecule is C#C.C#C.C=CC.CC.CC1(C)C(c2ccc(C(=O)O)c(Cl)c2)=CC[C@@]2(C)C1CC[C@@]1(C)C3CC[C@@]4(C)CCCC4[C@H]3CCC12.O=CO. The van der Waals surface area contributed by atoms with Crippen molar-refractivity contribution in [2.75, 3.05) is 0 Å². The van der Waals surface area contributed by atoms with Crippen LogP contribution in [0.1, 0.15) is 136 Å². The molecule has 4 unspecified atom stereocenters. The van der Waals surface area contributed by atoms with E-state index < -0.39 is 5.97 Å². The third kappa shape index (κ3) is 7.92. The lowest BCUT2D eigenvalue weighted by Crippen LogP contribution is -2.60. The Morgan fingerprint density at radius 1 is 0.896 bits per heavy atom. The van der Waals surface area contributed by atoms with Gasteiger partial charge in [0.15, 0.2) is 0 Å². The van der Waals surface area contributed by atoms with Crippen molar-refractivity contribution in [3.8, 4) is 25.7 Å². The Morgan fingerprint density at radius 3 is 2.02 bits per heavy atom. The molecule has 4 nitrogen and oxygen atoms in total. The van der Waals surface area contributed by atoms with Gasteiger partial charge in [-0.05, 0) is 139 Å². The monoisotopic (exact) mass is 678 g/mol. The summed E-state index contributed by atoms with van der Waals surface area (Å²) in [6, 6.07) is 5.55. The first-order valence-corrected chi connectivity index (χ1v) is 18.2. The fourth-order valence-electron chi connectivity index (χ4n) is 11.5. The molecular formula is C43H63ClO4. The molecule has 0 saturated heterocycles. The van der Waals surface area contributed by atoms with Crippen LogP contribution in [0.15, 0.2) is 36.9 Å². The number of benzene rings is 1. The van der Waals surface area contributed by atoms with E-state index in [0.29, 0.717) is 27.2 Å². The third-order valence-electron chi connectivity index (χ3n) is 13.0. The summed E-state index contributed by atoms with van der Waals surface area (Å²) in [4.78, 5) is 19.9. The van der Waals surface area contributed by atoms with Crippen LogP contribution in [0.5, 0.6) is 0 Å². The summed E-state index contributed by atoms with van der Waals surface area (Å²) in [5.41, 5.74) is 4.12. The van der Waals surface area contributed by atoms with E-state index in [1.807, 2.05) is 32.9 Å². The number of carboxylic acid groups (broad SMARTS) is 2. The van der Waals surface area contributed by atoms with Crippen LogP contribution >= 0.6 is 11.6 Å². The summed E-state index contributed by atoms with van der Waals surface area (Å²) >= 11 is 6.42. The summed E-state index contributed by atoms with van der Waals surface area (Å²) < 4.78 is 0. The number of rotatable bonds is 2. The van der Waals surface area contributed by atoms with Gasteiger partial charge in [-0.2, -0.15) is 0 Å². The van der Waals surface area contributed by atoms with Crippen LogP contribution in [0.25, 0.3) is 5.57 Å². The smallest absolute Gasteiger partial charge is 0.337 e. The van der Waals surface area contributed by atoms with Crippen LogP contribution in [0.2, 0.25) is 5.02 Å². The van der Waals surface area contributed by atoms with Gasteiger partial charge >= 0.3 is 5.97 Å². The topological polar surface area (TPSA) is 74.6 Å². The van der Waals surface area contributed by atoms with Crippen LogP contribution in [0, 0.1) is 76.9 Å². The highest BCUT2D eigenvalue weighted by Gasteiger charge is 2.64. The van der Waals surface area contributed by atoms with E-state index in [-0.39, 0.29) is 17.5 Å². The van der Waals surface area contributed by atoms with E-state index in [0.717, 1.165) is 35.7 Å². The van der Waals surface area contributed by atoms with Crippen LogP contribution < -0.4 is 0 Å². The first-order chi connectivity index (χ1) is 22.7. The zero-order valence-corrected chi connectivity index (χ0v) is 31.8. The summed E-state index contributed by atoms with van der Waals surface area (Å²) in [5, 5.41) is 16.7. The van der Waals surface area contributed by atoms with Crippen molar-refractivity contribution in [3.63, 3.8) is 0 Å². The van der Waals surface area contributed by atoms with Crippen molar-refractivity contribution < 1.29 is 19.8 Å². The molecular weight excluding hydrogens is 616 g/mol. The Labute approximate surface area is 298 Å². The number of allylic oxidation sites excluding steroid dienone is 3. The quantitative estimate of drug-likeness (QED) is 0.185. The lowest BCUT2D eigenvalue weighted by molar-refractivity contribution is -0.176. The standard InChI is InChI=1S/C33H45ClO2.C3H6.C2H6.2C2H2.CH2O2/c1-30(2)23(20-8-9-22(29(35)36)26(34)19-20)13-17-33(5)27(30)14-18-32(4)25-12-16-31(3)15-6-7-24(31)21(25)10-11-28(32)33;1-3-2;3*1-2;2-1-3/h8-9,13,19,21,24-25,27-28H,6-7,10-12,14-18H2,1-5H3,(H,35,36);3H,1H2,2H3;1-2H3;2*1-2H;1H,(H,2,3)/t21-,24?,25?,27?,28?,31-,32+,33+;;;;;/m1...../s1. The van der Waals surface area contributed by atoms with Crippen molar-refractivity contribution >= 4 is 29.6 Å². The molecule has 0 spiro atoms. The molecule has 48 heavy (non-hydrogen) atoms. The number of hydrogen-bond donors (Lipinski definition) is 2. The van der Waals surface area contributed by atoms with Gasteiger partial charge in [0.25, 0.3) is 6.47 Å². The highest BCUT2D eigenvalue weighted by Crippen LogP contribution is 2.73. The Morgan fingerprint density at radius 2 is 1.48 bits per heavy atom. The maximum absolute atomic E-state index is 11.5. The molecule has 4 fully saturated rings. The number of hydrogen-bond acceptors (Lipinski definition) is 2. The van der Waals surface area contributed by atoms with Gasteiger partial charge < -0.3 is 10.2 Å². The molecule has 0 heterocycles. The summed E-state index contributed by atoms with van der Waals surface area (Å²) in [6.07, 6.45) is 34.3. The number of fused-ring (bicyclic) bond motifs is 7. The molecule has 266 valence electrons. The molecule has 6 rings (SSSR count). The normalized spacial score (nSPS) is 34.5. The first-order valence-electron chi connectivity index (χ1n) is 17.8. The molecule has 0 aromatic heterocycles. The average molecular weight is 679 g/mol. The number of aromatic carboxylic acids is 1. The third-order valence-corrected chi connectivity index (χ3v) is 13.3. The van der Waals surface area contributed by atoms with Gasteiger partial charge in [-0.1, -0.05) is 84.7 Å². The maximum Gasteiger partial charge on any atom is 0.337 e. The Kier molecular flexibility index (Phi) is 16.3. The van der Waals surface area contributed by atoms with Crippen molar-refractivity contribution in [3.05, 3.63) is 53.1 Å². The van der Waals surface area contributed by atoms with Gasteiger partial charge in [-0.15, -0.1) is 32.3 Å². The summed E-state index contributed by atoms with van der Waals surface area (Å²) in [6.45, 7) is 21.9. The van der Waals surface area contributed by atoms with Crippen LogP contribution in [-0.4, -0.2) is 22.7 Å². The van der Waals surface area contributed by atoms with E-state index in [1.165, 1.54) is 63.4 Å². The zero-order valence-electron chi connectivity index (χ0n) is 31.0. The molecule has 0 amide bonds. The molecule has 4 saturated carbocycles. The van der Waals surface area contributed by atoms with Crippen LogP contribution in [0.4, 0.5) is 0 Å². The predicted molar refractivity (Wildman–Crippen MR) is 204 cm³/mol. The lowest BCUT2D eigenvalue weighted by Gasteiger charge is -2.68. The molecule has 5 aliphatic carbocycles. The summed E-state index contributed by atoms with van der Waals surface area (Å²) in [7, 11) is 0. The molecule has 1 aromatic rings. The molecule has 0 aliphatic heterocycles. The van der Waals surface area contributed by atoms with Gasteiger partial charge in [-0.3, -0.25) is 4.79 Å². The Balaban J connectivity index is 0.000000857. The van der Waals surface area contributed by atoms with E-state index in [1.54, 1.807) is 12.1 Å². The van der Waals surface area contributed by atoms with Crippen molar-refractivity contribution in [2.24, 2.45) is 51.2 Å². The van der Waals surface area contributed by atoms with Gasteiger partial charge in [0.1, 0.15) is 0 Å². The molecule has 0 bridgehead atoms. The second-order valence-electron chi connectivity index (χ2n) is 15.3. The van der Waals surface area contributed by atoms with E-state index in [2.05, 4.69) is 73.0 Å². The highest BCUT2D eigenvalue weighted by atomic mass is 35.5. The fraction of sp³-hybridized carbons (Fsp3) is 0.628. The number of carbonyl (C=O) groups is 2. The van der Waals surface area contributed by atoms with Gasteiger partial charge in [0, 0.05) is 0 Å². The van der Waals surface area contributed by atoms with Crippen LogP contribution in [-0.2, 0) is 4.79 Å². The predicted octanol–water partition coefficient (Wildman–Crippen LogP) is 11.9. The Hall–Kier alpha value is -2.95. The lowest BCUT2D eigenvalue weighted by atomic mass is 9.36. The largest absolute Gasteiger partial charge is 0.483 e. The van der Waals surface area contributed by atoms with E-state index >= 15 is 0 Å². The number of carboxylic acids is 1. The maximum atomic E-state index is 11.5.